The number of anilines is 1. The second kappa shape index (κ2) is 7.79. The van der Waals surface area contributed by atoms with E-state index in [9.17, 15) is 4.79 Å². The van der Waals surface area contributed by atoms with Crippen LogP contribution in [0.2, 0.25) is 0 Å². The SMILES string of the molecule is O=C(NCc1ccccc1Br)Nc1ccc(-c2ccccc2)cc1. The third-order valence-corrected chi connectivity index (χ3v) is 4.42. The molecule has 4 heteroatoms. The fraction of sp³-hybridized carbons (Fsp3) is 0.0500. The van der Waals surface area contributed by atoms with E-state index in [1.54, 1.807) is 0 Å². The summed E-state index contributed by atoms with van der Waals surface area (Å²) in [7, 11) is 0. The van der Waals surface area contributed by atoms with Crippen LogP contribution in [0.5, 0.6) is 0 Å². The number of halogens is 1. The summed E-state index contributed by atoms with van der Waals surface area (Å²) in [6, 6.07) is 25.5. The highest BCUT2D eigenvalue weighted by Crippen LogP contribution is 2.21. The van der Waals surface area contributed by atoms with E-state index in [0.717, 1.165) is 26.9 Å². The molecular weight excluding hydrogens is 364 g/mol. The summed E-state index contributed by atoms with van der Waals surface area (Å²) in [6.45, 7) is 0.468. The average Bonchev–Trinajstić information content (AvgIpc) is 2.62. The molecule has 3 aromatic rings. The molecule has 3 rings (SSSR count). The first-order valence-electron chi connectivity index (χ1n) is 7.66. The molecule has 0 aliphatic carbocycles. The van der Waals surface area contributed by atoms with Crippen molar-refractivity contribution in [2.24, 2.45) is 0 Å². The van der Waals surface area contributed by atoms with E-state index in [4.69, 9.17) is 0 Å². The van der Waals surface area contributed by atoms with Gasteiger partial charge in [0.1, 0.15) is 0 Å². The van der Waals surface area contributed by atoms with Crippen molar-refractivity contribution in [2.45, 2.75) is 6.54 Å². The lowest BCUT2D eigenvalue weighted by Crippen LogP contribution is -2.28. The third kappa shape index (κ3) is 4.24. The summed E-state index contributed by atoms with van der Waals surface area (Å²) in [5.41, 5.74) is 4.07. The molecule has 0 atom stereocenters. The van der Waals surface area contributed by atoms with Crippen molar-refractivity contribution in [3.05, 3.63) is 88.9 Å². The van der Waals surface area contributed by atoms with Crippen LogP contribution in [-0.2, 0) is 6.54 Å². The van der Waals surface area contributed by atoms with Crippen LogP contribution in [0.25, 0.3) is 11.1 Å². The van der Waals surface area contributed by atoms with Crippen molar-refractivity contribution in [1.29, 1.82) is 0 Å². The number of amides is 2. The Morgan fingerprint density at radius 1 is 0.792 bits per heavy atom. The third-order valence-electron chi connectivity index (χ3n) is 3.65. The van der Waals surface area contributed by atoms with Gasteiger partial charge in [0.25, 0.3) is 0 Å². The normalized spacial score (nSPS) is 10.2. The molecule has 0 unspecified atom stereocenters. The fourth-order valence-electron chi connectivity index (χ4n) is 2.37. The highest BCUT2D eigenvalue weighted by atomic mass is 79.9. The molecule has 0 saturated carbocycles. The molecule has 3 aromatic carbocycles. The Morgan fingerprint density at radius 3 is 2.12 bits per heavy atom. The minimum absolute atomic E-state index is 0.224. The lowest BCUT2D eigenvalue weighted by Gasteiger charge is -2.09. The van der Waals surface area contributed by atoms with Crippen LogP contribution >= 0.6 is 15.9 Å². The molecule has 3 nitrogen and oxygen atoms in total. The minimum Gasteiger partial charge on any atom is -0.334 e. The maximum Gasteiger partial charge on any atom is 0.319 e. The topological polar surface area (TPSA) is 41.1 Å². The fourth-order valence-corrected chi connectivity index (χ4v) is 2.79. The number of hydrogen-bond acceptors (Lipinski definition) is 1. The monoisotopic (exact) mass is 380 g/mol. The Balaban J connectivity index is 1.58. The van der Waals surface area contributed by atoms with Gasteiger partial charge in [0.15, 0.2) is 0 Å². The van der Waals surface area contributed by atoms with Gasteiger partial charge in [0, 0.05) is 16.7 Å². The van der Waals surface area contributed by atoms with Gasteiger partial charge >= 0.3 is 6.03 Å². The van der Waals surface area contributed by atoms with Crippen LogP contribution in [0.4, 0.5) is 10.5 Å². The standard InChI is InChI=1S/C20H17BrN2O/c21-19-9-5-4-8-17(19)14-22-20(24)23-18-12-10-16(11-13-18)15-6-2-1-3-7-15/h1-13H,14H2,(H2,22,23,24). The van der Waals surface area contributed by atoms with Crippen molar-refractivity contribution < 1.29 is 4.79 Å². The van der Waals surface area contributed by atoms with Crippen LogP contribution in [0.3, 0.4) is 0 Å². The summed E-state index contributed by atoms with van der Waals surface area (Å²) >= 11 is 3.47. The summed E-state index contributed by atoms with van der Waals surface area (Å²) in [5.74, 6) is 0. The van der Waals surface area contributed by atoms with Crippen LogP contribution < -0.4 is 10.6 Å². The second-order valence-corrected chi connectivity index (χ2v) is 6.20. The van der Waals surface area contributed by atoms with Crippen LogP contribution in [0.15, 0.2) is 83.3 Å². The predicted molar refractivity (Wildman–Crippen MR) is 102 cm³/mol. The van der Waals surface area contributed by atoms with E-state index in [-0.39, 0.29) is 6.03 Å². The molecule has 0 radical (unpaired) electrons. The first-order chi connectivity index (χ1) is 11.7. The van der Waals surface area contributed by atoms with E-state index in [1.807, 2.05) is 66.7 Å². The number of rotatable bonds is 4. The maximum absolute atomic E-state index is 12.0. The van der Waals surface area contributed by atoms with Crippen molar-refractivity contribution in [3.8, 4) is 11.1 Å². The summed E-state index contributed by atoms with van der Waals surface area (Å²) in [5, 5.41) is 5.70. The number of nitrogens with one attached hydrogen (secondary N) is 2. The summed E-state index contributed by atoms with van der Waals surface area (Å²) in [4.78, 5) is 12.0. The van der Waals surface area contributed by atoms with Crippen LogP contribution in [0.1, 0.15) is 5.56 Å². The molecule has 2 N–H and O–H groups in total. The number of benzene rings is 3. The molecule has 0 aromatic heterocycles. The molecule has 24 heavy (non-hydrogen) atoms. The number of carbonyl (C=O) groups excluding carboxylic acids is 1. The number of urea groups is 1. The van der Waals surface area contributed by atoms with Gasteiger partial charge in [0.2, 0.25) is 0 Å². The molecule has 0 saturated heterocycles. The number of hydrogen-bond donors (Lipinski definition) is 2. The quantitative estimate of drug-likeness (QED) is 0.621. The summed E-state index contributed by atoms with van der Waals surface area (Å²) < 4.78 is 0.984. The van der Waals surface area contributed by atoms with Gasteiger partial charge in [-0.1, -0.05) is 76.6 Å². The minimum atomic E-state index is -0.224. The highest BCUT2D eigenvalue weighted by molar-refractivity contribution is 9.10. The highest BCUT2D eigenvalue weighted by Gasteiger charge is 2.04. The molecule has 0 bridgehead atoms. The van der Waals surface area contributed by atoms with Crippen LogP contribution in [0, 0.1) is 0 Å². The Kier molecular flexibility index (Phi) is 5.29. The van der Waals surface area contributed by atoms with E-state index >= 15 is 0 Å². The van der Waals surface area contributed by atoms with Crippen molar-refractivity contribution in [2.75, 3.05) is 5.32 Å². The molecule has 2 amide bonds. The molecule has 0 aliphatic heterocycles. The van der Waals surface area contributed by atoms with Gasteiger partial charge in [-0.25, -0.2) is 4.79 Å². The van der Waals surface area contributed by atoms with Gasteiger partial charge in [0.05, 0.1) is 0 Å². The molecule has 0 heterocycles. The van der Waals surface area contributed by atoms with Crippen molar-refractivity contribution >= 4 is 27.6 Å². The van der Waals surface area contributed by atoms with Gasteiger partial charge in [-0.05, 0) is 34.9 Å². The lowest BCUT2D eigenvalue weighted by atomic mass is 10.1. The van der Waals surface area contributed by atoms with E-state index in [2.05, 4.69) is 38.7 Å². The summed E-state index contributed by atoms with van der Waals surface area (Å²) in [6.07, 6.45) is 0. The number of carbonyl (C=O) groups is 1. The van der Waals surface area contributed by atoms with E-state index < -0.39 is 0 Å². The van der Waals surface area contributed by atoms with E-state index in [1.165, 1.54) is 0 Å². The Hall–Kier alpha value is -2.59. The molecule has 0 spiro atoms. The van der Waals surface area contributed by atoms with Crippen molar-refractivity contribution in [1.82, 2.24) is 5.32 Å². The first-order valence-corrected chi connectivity index (χ1v) is 8.45. The Bertz CT molecular complexity index is 817. The van der Waals surface area contributed by atoms with Crippen molar-refractivity contribution in [3.63, 3.8) is 0 Å². The predicted octanol–water partition coefficient (Wildman–Crippen LogP) is 5.44. The van der Waals surface area contributed by atoms with Crippen LogP contribution in [-0.4, -0.2) is 6.03 Å². The van der Waals surface area contributed by atoms with E-state index in [0.29, 0.717) is 6.54 Å². The lowest BCUT2D eigenvalue weighted by molar-refractivity contribution is 0.251. The zero-order valence-electron chi connectivity index (χ0n) is 13.0. The largest absolute Gasteiger partial charge is 0.334 e. The molecule has 0 aliphatic rings. The molecular formula is C20H17BrN2O. The second-order valence-electron chi connectivity index (χ2n) is 5.34. The smallest absolute Gasteiger partial charge is 0.319 e. The zero-order chi connectivity index (χ0) is 16.8. The molecule has 120 valence electrons. The molecule has 0 fully saturated rings. The Morgan fingerprint density at radius 2 is 1.42 bits per heavy atom. The van der Waals surface area contributed by atoms with Gasteiger partial charge < -0.3 is 10.6 Å². The maximum atomic E-state index is 12.0. The average molecular weight is 381 g/mol. The zero-order valence-corrected chi connectivity index (χ0v) is 14.6. The van der Waals surface area contributed by atoms with Gasteiger partial charge in [-0.3, -0.25) is 0 Å². The first kappa shape index (κ1) is 16.3. The Labute approximate surface area is 149 Å². The van der Waals surface area contributed by atoms with Gasteiger partial charge in [-0.2, -0.15) is 0 Å². The van der Waals surface area contributed by atoms with Gasteiger partial charge in [-0.15, -0.1) is 0 Å².